The maximum absolute atomic E-state index is 5.40. The number of likely N-dealkylation sites (N-methyl/N-ethyl adjacent to an activating group) is 1. The lowest BCUT2D eigenvalue weighted by Crippen LogP contribution is -2.39. The fourth-order valence-electron chi connectivity index (χ4n) is 3.34. The Bertz CT molecular complexity index is 987. The van der Waals surface area contributed by atoms with Gasteiger partial charge in [0.2, 0.25) is 0 Å². The maximum atomic E-state index is 5.40. The van der Waals surface area contributed by atoms with Gasteiger partial charge in [-0.15, -0.1) is 0 Å². The lowest BCUT2D eigenvalue weighted by molar-refractivity contribution is 0.354. The van der Waals surface area contributed by atoms with Crippen LogP contribution in [0.2, 0.25) is 0 Å². The second-order valence-electron chi connectivity index (χ2n) is 7.17. The molecular formula is C23H30N6O2. The molecule has 1 aromatic heterocycles. The second kappa shape index (κ2) is 11.0. The maximum Gasteiger partial charge on any atom is 0.193 e. The number of nitrogens with zero attached hydrogens (tertiary/aromatic N) is 5. The van der Waals surface area contributed by atoms with Crippen LogP contribution in [0.3, 0.4) is 0 Å². The standard InChI is InChI=1S/C23H30N6O2/c1-24-23(28(2)11-10-18-8-9-21(30-3)22(13-18)31-4)26-14-19-6-5-7-20(12-19)15-29-17-25-16-27-29/h5-9,12-13,16-17H,10-11,14-15H2,1-4H3,(H,24,26). The first-order chi connectivity index (χ1) is 15.1. The molecule has 2 aromatic carbocycles. The molecule has 0 amide bonds. The number of guanidine groups is 1. The number of methoxy groups -OCH3 is 2. The van der Waals surface area contributed by atoms with Crippen molar-refractivity contribution in [2.75, 3.05) is 34.9 Å². The Morgan fingerprint density at radius 2 is 1.87 bits per heavy atom. The number of ether oxygens (including phenoxy) is 2. The molecule has 164 valence electrons. The molecule has 8 nitrogen and oxygen atoms in total. The molecule has 0 spiro atoms. The molecule has 31 heavy (non-hydrogen) atoms. The van der Waals surface area contributed by atoms with E-state index in [0.29, 0.717) is 13.1 Å². The molecule has 3 rings (SSSR count). The zero-order valence-corrected chi connectivity index (χ0v) is 18.6. The van der Waals surface area contributed by atoms with Gasteiger partial charge in [-0.2, -0.15) is 5.10 Å². The molecule has 8 heteroatoms. The van der Waals surface area contributed by atoms with Crippen LogP contribution in [0.5, 0.6) is 11.5 Å². The van der Waals surface area contributed by atoms with Crippen LogP contribution in [-0.4, -0.2) is 60.5 Å². The van der Waals surface area contributed by atoms with Crippen LogP contribution in [-0.2, 0) is 19.5 Å². The Morgan fingerprint density at radius 1 is 1.06 bits per heavy atom. The van der Waals surface area contributed by atoms with Gasteiger partial charge in [-0.3, -0.25) is 4.99 Å². The van der Waals surface area contributed by atoms with Crippen molar-refractivity contribution >= 4 is 5.96 Å². The third-order valence-corrected chi connectivity index (χ3v) is 5.01. The molecule has 0 bridgehead atoms. The van der Waals surface area contributed by atoms with Gasteiger partial charge in [0.25, 0.3) is 0 Å². The Morgan fingerprint density at radius 3 is 2.58 bits per heavy atom. The Labute approximate surface area is 183 Å². The molecule has 1 N–H and O–H groups in total. The van der Waals surface area contributed by atoms with Gasteiger partial charge in [-0.1, -0.05) is 30.3 Å². The first kappa shape index (κ1) is 22.1. The van der Waals surface area contributed by atoms with E-state index >= 15 is 0 Å². The summed E-state index contributed by atoms with van der Waals surface area (Å²) in [4.78, 5) is 10.5. The largest absolute Gasteiger partial charge is 0.493 e. The minimum Gasteiger partial charge on any atom is -0.493 e. The van der Waals surface area contributed by atoms with Crippen LogP contribution in [0.15, 0.2) is 60.1 Å². The number of hydrogen-bond acceptors (Lipinski definition) is 5. The number of nitrogens with one attached hydrogen (secondary N) is 1. The smallest absolute Gasteiger partial charge is 0.193 e. The topological polar surface area (TPSA) is 76.8 Å². The van der Waals surface area contributed by atoms with Crippen LogP contribution < -0.4 is 14.8 Å². The summed E-state index contributed by atoms with van der Waals surface area (Å²) in [6, 6.07) is 14.4. The van der Waals surface area contributed by atoms with E-state index in [2.05, 4.69) is 55.6 Å². The molecule has 1 heterocycles. The second-order valence-corrected chi connectivity index (χ2v) is 7.17. The van der Waals surface area contributed by atoms with E-state index in [-0.39, 0.29) is 0 Å². The Kier molecular flexibility index (Phi) is 7.86. The zero-order chi connectivity index (χ0) is 22.1. The predicted molar refractivity (Wildman–Crippen MR) is 122 cm³/mol. The highest BCUT2D eigenvalue weighted by atomic mass is 16.5. The first-order valence-electron chi connectivity index (χ1n) is 10.2. The van der Waals surface area contributed by atoms with Gasteiger partial charge in [0, 0.05) is 27.2 Å². The van der Waals surface area contributed by atoms with Crippen LogP contribution in [0, 0.1) is 0 Å². The van der Waals surface area contributed by atoms with Crippen molar-refractivity contribution < 1.29 is 9.47 Å². The number of rotatable bonds is 9. The Hall–Kier alpha value is -3.55. The van der Waals surface area contributed by atoms with Crippen molar-refractivity contribution in [2.24, 2.45) is 4.99 Å². The summed E-state index contributed by atoms with van der Waals surface area (Å²) in [6.07, 6.45) is 4.14. The highest BCUT2D eigenvalue weighted by Gasteiger charge is 2.09. The van der Waals surface area contributed by atoms with Gasteiger partial charge < -0.3 is 19.7 Å². The number of aliphatic imine (C=N–C) groups is 1. The minimum atomic E-state index is 0.693. The first-order valence-corrected chi connectivity index (χ1v) is 10.2. The molecule has 0 aliphatic rings. The normalized spacial score (nSPS) is 11.3. The van der Waals surface area contributed by atoms with Crippen molar-refractivity contribution in [1.29, 1.82) is 0 Å². The highest BCUT2D eigenvalue weighted by Crippen LogP contribution is 2.27. The molecule has 0 unspecified atom stereocenters. The van der Waals surface area contributed by atoms with Gasteiger partial charge in [0.05, 0.1) is 20.8 Å². The van der Waals surface area contributed by atoms with Crippen molar-refractivity contribution in [3.05, 3.63) is 71.8 Å². The summed E-state index contributed by atoms with van der Waals surface area (Å²) in [7, 11) is 7.14. The van der Waals surface area contributed by atoms with Crippen LogP contribution in [0.25, 0.3) is 0 Å². The highest BCUT2D eigenvalue weighted by molar-refractivity contribution is 5.79. The van der Waals surface area contributed by atoms with Crippen LogP contribution in [0.1, 0.15) is 16.7 Å². The van der Waals surface area contributed by atoms with Crippen molar-refractivity contribution in [3.63, 3.8) is 0 Å². The summed E-state index contributed by atoms with van der Waals surface area (Å²) in [6.45, 7) is 2.22. The molecule has 0 saturated heterocycles. The molecule has 0 radical (unpaired) electrons. The van der Waals surface area contributed by atoms with E-state index in [1.54, 1.807) is 33.9 Å². The van der Waals surface area contributed by atoms with Crippen LogP contribution in [0.4, 0.5) is 0 Å². The molecule has 0 aliphatic heterocycles. The summed E-state index contributed by atoms with van der Waals surface area (Å²) in [5, 5.41) is 7.61. The van der Waals surface area contributed by atoms with E-state index in [1.165, 1.54) is 16.7 Å². The van der Waals surface area contributed by atoms with E-state index in [1.807, 2.05) is 23.9 Å². The van der Waals surface area contributed by atoms with Gasteiger partial charge in [-0.25, -0.2) is 9.67 Å². The third kappa shape index (κ3) is 6.21. The minimum absolute atomic E-state index is 0.693. The van der Waals surface area contributed by atoms with E-state index < -0.39 is 0 Å². The molecule has 0 saturated carbocycles. The number of aromatic nitrogens is 3. The predicted octanol–water partition coefficient (Wildman–Crippen LogP) is 2.59. The SMILES string of the molecule is CN=C(NCc1cccc(Cn2cncn2)c1)N(C)CCc1ccc(OC)c(OC)c1. The lowest BCUT2D eigenvalue weighted by atomic mass is 10.1. The third-order valence-electron chi connectivity index (χ3n) is 5.01. The summed E-state index contributed by atoms with van der Waals surface area (Å²) in [5.74, 6) is 2.33. The van der Waals surface area contributed by atoms with E-state index in [9.17, 15) is 0 Å². The van der Waals surface area contributed by atoms with Gasteiger partial charge in [-0.05, 0) is 35.2 Å². The van der Waals surface area contributed by atoms with Gasteiger partial charge in [0.1, 0.15) is 12.7 Å². The van der Waals surface area contributed by atoms with Crippen LogP contribution >= 0.6 is 0 Å². The fourth-order valence-corrected chi connectivity index (χ4v) is 3.34. The summed E-state index contributed by atoms with van der Waals surface area (Å²) in [5.41, 5.74) is 3.55. The number of benzene rings is 2. The van der Waals surface area contributed by atoms with E-state index in [4.69, 9.17) is 9.47 Å². The molecular weight excluding hydrogens is 392 g/mol. The van der Waals surface area contributed by atoms with Crippen molar-refractivity contribution in [1.82, 2.24) is 25.0 Å². The van der Waals surface area contributed by atoms with Crippen molar-refractivity contribution in [2.45, 2.75) is 19.5 Å². The average molecular weight is 423 g/mol. The van der Waals surface area contributed by atoms with E-state index in [0.717, 1.165) is 30.4 Å². The molecule has 3 aromatic rings. The number of hydrogen-bond donors (Lipinski definition) is 1. The van der Waals surface area contributed by atoms with Gasteiger partial charge >= 0.3 is 0 Å². The molecule has 0 aliphatic carbocycles. The quantitative estimate of drug-likeness (QED) is 0.422. The van der Waals surface area contributed by atoms with Crippen molar-refractivity contribution in [3.8, 4) is 11.5 Å². The fraction of sp³-hybridized carbons (Fsp3) is 0.348. The lowest BCUT2D eigenvalue weighted by Gasteiger charge is -2.22. The van der Waals surface area contributed by atoms with Gasteiger partial charge in [0.15, 0.2) is 17.5 Å². The molecule has 0 atom stereocenters. The summed E-state index contributed by atoms with van der Waals surface area (Å²) >= 11 is 0. The summed E-state index contributed by atoms with van der Waals surface area (Å²) < 4.78 is 12.5. The Balaban J connectivity index is 1.54. The monoisotopic (exact) mass is 422 g/mol. The molecule has 0 fully saturated rings. The average Bonchev–Trinajstić information content (AvgIpc) is 3.31. The zero-order valence-electron chi connectivity index (χ0n) is 18.6.